The van der Waals surface area contributed by atoms with Gasteiger partial charge in [0.2, 0.25) is 15.9 Å². The zero-order chi connectivity index (χ0) is 24.0. The maximum atomic E-state index is 13.1. The summed E-state index contributed by atoms with van der Waals surface area (Å²) in [6.45, 7) is 4.37. The van der Waals surface area contributed by atoms with Gasteiger partial charge < -0.3 is 20.7 Å². The van der Waals surface area contributed by atoms with E-state index in [0.717, 1.165) is 50.0 Å². The van der Waals surface area contributed by atoms with E-state index in [9.17, 15) is 13.2 Å². The first-order chi connectivity index (χ1) is 16.5. The maximum Gasteiger partial charge on any atom is 0.243 e. The molecule has 0 unspecified atom stereocenters. The minimum atomic E-state index is -3.63. The molecule has 2 aromatic carbocycles. The lowest BCUT2D eigenvalue weighted by Crippen LogP contribution is -2.40. The second kappa shape index (κ2) is 11.2. The topological polar surface area (TPSA) is 99.8 Å². The van der Waals surface area contributed by atoms with Crippen LogP contribution in [0.3, 0.4) is 0 Å². The highest BCUT2D eigenvalue weighted by Gasteiger charge is 2.27. The first-order valence-electron chi connectivity index (χ1n) is 12.1. The van der Waals surface area contributed by atoms with E-state index in [4.69, 9.17) is 4.74 Å². The van der Waals surface area contributed by atoms with Crippen molar-refractivity contribution in [2.75, 3.05) is 55.3 Å². The average Bonchev–Trinajstić information content (AvgIpc) is 3.32. The van der Waals surface area contributed by atoms with E-state index >= 15 is 0 Å². The van der Waals surface area contributed by atoms with Gasteiger partial charge >= 0.3 is 0 Å². The van der Waals surface area contributed by atoms with Crippen LogP contribution in [-0.2, 0) is 32.4 Å². The molecule has 8 nitrogen and oxygen atoms in total. The van der Waals surface area contributed by atoms with Crippen molar-refractivity contribution in [2.24, 2.45) is 0 Å². The Morgan fingerprint density at radius 2 is 1.79 bits per heavy atom. The highest BCUT2D eigenvalue weighted by Crippen LogP contribution is 2.28. The van der Waals surface area contributed by atoms with Crippen LogP contribution in [0.1, 0.15) is 37.3 Å². The van der Waals surface area contributed by atoms with Crippen LogP contribution in [0.5, 0.6) is 0 Å². The quantitative estimate of drug-likeness (QED) is 0.445. The first-order valence-corrected chi connectivity index (χ1v) is 13.5. The highest BCUT2D eigenvalue weighted by molar-refractivity contribution is 7.89. The average molecular weight is 487 g/mol. The molecule has 0 saturated carbocycles. The van der Waals surface area contributed by atoms with Crippen molar-refractivity contribution >= 4 is 33.0 Å². The summed E-state index contributed by atoms with van der Waals surface area (Å²) in [6, 6.07) is 11.1. The summed E-state index contributed by atoms with van der Waals surface area (Å²) in [4.78, 5) is 12.9. The predicted molar refractivity (Wildman–Crippen MR) is 135 cm³/mol. The fourth-order valence-electron chi connectivity index (χ4n) is 4.35. The number of amides is 1. The van der Waals surface area contributed by atoms with E-state index < -0.39 is 10.0 Å². The van der Waals surface area contributed by atoms with E-state index in [1.54, 1.807) is 18.2 Å². The Kier molecular flexibility index (Phi) is 8.07. The third-order valence-corrected chi connectivity index (χ3v) is 8.16. The molecule has 2 aromatic rings. The van der Waals surface area contributed by atoms with E-state index in [0.29, 0.717) is 32.0 Å². The zero-order valence-corrected chi connectivity index (χ0v) is 20.5. The molecule has 1 amide bonds. The van der Waals surface area contributed by atoms with Crippen LogP contribution in [-0.4, -0.2) is 58.0 Å². The second-order valence-corrected chi connectivity index (χ2v) is 10.7. The summed E-state index contributed by atoms with van der Waals surface area (Å²) in [5.41, 5.74) is 4.82. The molecule has 0 atom stereocenters. The zero-order valence-electron chi connectivity index (χ0n) is 19.7. The van der Waals surface area contributed by atoms with Crippen molar-refractivity contribution in [3.8, 4) is 0 Å². The molecule has 1 aliphatic heterocycles. The molecular formula is C25H34N4O4S. The number of carbonyl (C=O) groups is 1. The lowest BCUT2D eigenvalue weighted by molar-refractivity contribution is -0.114. The summed E-state index contributed by atoms with van der Waals surface area (Å²) in [6.07, 6.45) is 5.34. The summed E-state index contributed by atoms with van der Waals surface area (Å²) in [5.74, 6) is -0.182. The van der Waals surface area contributed by atoms with E-state index in [2.05, 4.69) is 28.9 Å². The second-order valence-electron chi connectivity index (χ2n) is 8.74. The van der Waals surface area contributed by atoms with Crippen LogP contribution in [0.15, 0.2) is 41.3 Å². The van der Waals surface area contributed by atoms with Gasteiger partial charge in [0.25, 0.3) is 0 Å². The molecule has 0 bridgehead atoms. The number of unbranched alkanes of at least 4 members (excludes halogenated alkanes) is 1. The number of hydrogen-bond donors (Lipinski definition) is 3. The number of anilines is 3. The van der Waals surface area contributed by atoms with Gasteiger partial charge in [-0.05, 0) is 67.1 Å². The Morgan fingerprint density at radius 1 is 1.00 bits per heavy atom. The number of morpholine rings is 1. The van der Waals surface area contributed by atoms with Crippen LogP contribution in [0.25, 0.3) is 0 Å². The normalized spacial score (nSPS) is 16.1. The minimum Gasteiger partial charge on any atom is -0.383 e. The number of fused-ring (bicyclic) bond motifs is 1. The Labute approximate surface area is 202 Å². The first kappa shape index (κ1) is 24.5. The third-order valence-electron chi connectivity index (χ3n) is 6.27. The Bertz CT molecular complexity index is 1110. The van der Waals surface area contributed by atoms with Gasteiger partial charge in [0.1, 0.15) is 0 Å². The van der Waals surface area contributed by atoms with Crippen molar-refractivity contribution in [1.29, 1.82) is 0 Å². The number of nitrogens with zero attached hydrogens (tertiary/aromatic N) is 1. The van der Waals surface area contributed by atoms with Crippen molar-refractivity contribution in [1.82, 2.24) is 4.31 Å². The molecule has 0 radical (unpaired) electrons. The van der Waals surface area contributed by atoms with Crippen LogP contribution >= 0.6 is 0 Å². The molecule has 9 heteroatoms. The van der Waals surface area contributed by atoms with Gasteiger partial charge in [0.05, 0.1) is 36.0 Å². The molecule has 1 saturated heterocycles. The van der Waals surface area contributed by atoms with E-state index in [1.807, 2.05) is 12.1 Å². The molecule has 0 aromatic heterocycles. The molecule has 4 rings (SSSR count). The summed E-state index contributed by atoms with van der Waals surface area (Å²) >= 11 is 0. The summed E-state index contributed by atoms with van der Waals surface area (Å²) in [5, 5.41) is 9.45. The van der Waals surface area contributed by atoms with E-state index in [-0.39, 0.29) is 17.3 Å². The largest absolute Gasteiger partial charge is 0.383 e. The minimum absolute atomic E-state index is 0.0284. The van der Waals surface area contributed by atoms with Crippen molar-refractivity contribution in [2.45, 2.75) is 43.9 Å². The summed E-state index contributed by atoms with van der Waals surface area (Å²) < 4.78 is 33.0. The molecule has 1 aliphatic carbocycles. The van der Waals surface area contributed by atoms with Gasteiger partial charge in [-0.3, -0.25) is 4.79 Å². The number of nitrogens with one attached hydrogen (secondary N) is 3. The number of sulfonamides is 1. The number of carbonyl (C=O) groups excluding carboxylic acids is 1. The number of rotatable bonds is 10. The van der Waals surface area contributed by atoms with Gasteiger partial charge in [-0.2, -0.15) is 4.31 Å². The summed E-state index contributed by atoms with van der Waals surface area (Å²) in [7, 11) is -3.63. The van der Waals surface area contributed by atoms with Gasteiger partial charge in [-0.15, -0.1) is 0 Å². The fraction of sp³-hybridized carbons (Fsp3) is 0.480. The van der Waals surface area contributed by atoms with Crippen LogP contribution in [0, 0.1) is 0 Å². The van der Waals surface area contributed by atoms with Crippen LogP contribution in [0.2, 0.25) is 0 Å². The maximum absolute atomic E-state index is 13.1. The molecule has 3 N–H and O–H groups in total. The van der Waals surface area contributed by atoms with Gasteiger partial charge in [-0.1, -0.05) is 19.4 Å². The van der Waals surface area contributed by atoms with Crippen molar-refractivity contribution < 1.29 is 17.9 Å². The van der Waals surface area contributed by atoms with Gasteiger partial charge in [0, 0.05) is 25.3 Å². The molecule has 184 valence electrons. The number of benzene rings is 2. The monoisotopic (exact) mass is 486 g/mol. The third kappa shape index (κ3) is 5.89. The smallest absolute Gasteiger partial charge is 0.243 e. The standard InChI is InChI=1S/C25H34N4O4S/c1-2-3-11-26-23-10-9-22(34(31,32)29-12-14-33-15-13-29)17-24(23)27-18-25(30)28-21-8-7-19-5-4-6-20(19)16-21/h7-10,16-17,26-27H,2-6,11-15,18H2,1H3,(H,28,30). The SMILES string of the molecule is CCCCNc1ccc(S(=O)(=O)N2CCOCC2)cc1NCC(=O)Nc1ccc2c(c1)CCC2. The highest BCUT2D eigenvalue weighted by atomic mass is 32.2. The molecule has 1 fully saturated rings. The van der Waals surface area contributed by atoms with Crippen LogP contribution < -0.4 is 16.0 Å². The van der Waals surface area contributed by atoms with Crippen molar-refractivity contribution in [3.63, 3.8) is 0 Å². The fourth-order valence-corrected chi connectivity index (χ4v) is 5.79. The molecule has 34 heavy (non-hydrogen) atoms. The van der Waals surface area contributed by atoms with Gasteiger partial charge in [0.15, 0.2) is 0 Å². The Balaban J connectivity index is 1.47. The van der Waals surface area contributed by atoms with Crippen molar-refractivity contribution in [3.05, 3.63) is 47.5 Å². The Hall–Kier alpha value is -2.62. The number of aryl methyl sites for hydroxylation is 2. The molecule has 0 spiro atoms. The lowest BCUT2D eigenvalue weighted by Gasteiger charge is -2.26. The van der Waals surface area contributed by atoms with Gasteiger partial charge in [-0.25, -0.2) is 8.42 Å². The van der Waals surface area contributed by atoms with E-state index in [1.165, 1.54) is 15.4 Å². The predicted octanol–water partition coefficient (Wildman–Crippen LogP) is 3.46. The molecule has 2 aliphatic rings. The molecule has 1 heterocycles. The van der Waals surface area contributed by atoms with Crippen LogP contribution in [0.4, 0.5) is 17.1 Å². The molecular weight excluding hydrogens is 452 g/mol. The Morgan fingerprint density at radius 3 is 2.59 bits per heavy atom. The number of hydrogen-bond acceptors (Lipinski definition) is 6. The number of ether oxygens (including phenoxy) is 1. The lowest BCUT2D eigenvalue weighted by atomic mass is 10.1.